The van der Waals surface area contributed by atoms with E-state index in [4.69, 9.17) is 5.73 Å². The summed E-state index contributed by atoms with van der Waals surface area (Å²) in [7, 11) is -3.26. The molecule has 0 radical (unpaired) electrons. The largest absolute Gasteiger partial charge is 0.342 e. The van der Waals surface area contributed by atoms with Crippen LogP contribution in [0, 0.1) is 0 Å². The Morgan fingerprint density at radius 3 is 2.79 bits per heavy atom. The average Bonchev–Trinajstić information content (AvgIpc) is 2.92. The Bertz CT molecular complexity index is 721. The summed E-state index contributed by atoms with van der Waals surface area (Å²) in [5, 5.41) is 0. The average molecular weight is 279 g/mol. The second-order valence-electron chi connectivity index (χ2n) is 5.32. The number of aromatic amines is 1. The molecule has 2 atom stereocenters. The lowest BCUT2D eigenvalue weighted by Gasteiger charge is -2.04. The molecule has 1 aromatic carbocycles. The van der Waals surface area contributed by atoms with Crippen molar-refractivity contribution in [2.24, 2.45) is 5.73 Å². The van der Waals surface area contributed by atoms with Crippen LogP contribution in [0.5, 0.6) is 0 Å². The standard InChI is InChI=1S/C13H17N3O2S/c1-19(17,18)11-4-2-3-10-12(11)16-13(15-10)8-5-6-9(14)7-8/h2-4,8-9H,5-7,14H2,1H3,(H,15,16). The first-order chi connectivity index (χ1) is 8.95. The molecule has 0 bridgehead atoms. The van der Waals surface area contributed by atoms with Gasteiger partial charge in [-0.3, -0.25) is 0 Å². The number of H-pyrrole nitrogens is 1. The van der Waals surface area contributed by atoms with Crippen molar-refractivity contribution >= 4 is 20.9 Å². The molecule has 0 saturated heterocycles. The Balaban J connectivity index is 2.11. The fraction of sp³-hybridized carbons (Fsp3) is 0.462. The maximum absolute atomic E-state index is 11.8. The zero-order valence-corrected chi connectivity index (χ0v) is 11.6. The second kappa shape index (κ2) is 4.31. The molecule has 1 fully saturated rings. The first-order valence-electron chi connectivity index (χ1n) is 6.39. The number of nitrogens with one attached hydrogen (secondary N) is 1. The molecule has 1 heterocycles. The van der Waals surface area contributed by atoms with Gasteiger partial charge < -0.3 is 10.7 Å². The van der Waals surface area contributed by atoms with Crippen LogP contribution < -0.4 is 5.73 Å². The molecule has 2 unspecified atom stereocenters. The predicted octanol–water partition coefficient (Wildman–Crippen LogP) is 1.56. The lowest BCUT2D eigenvalue weighted by Crippen LogP contribution is -2.14. The summed E-state index contributed by atoms with van der Waals surface area (Å²) in [4.78, 5) is 8.03. The molecule has 19 heavy (non-hydrogen) atoms. The number of aromatic nitrogens is 2. The molecule has 1 saturated carbocycles. The molecular formula is C13H17N3O2S. The summed E-state index contributed by atoms with van der Waals surface area (Å²) in [5.41, 5.74) is 7.24. The van der Waals surface area contributed by atoms with Crippen molar-refractivity contribution in [3.8, 4) is 0 Å². The third kappa shape index (κ3) is 2.26. The van der Waals surface area contributed by atoms with Gasteiger partial charge in [-0.25, -0.2) is 13.4 Å². The monoisotopic (exact) mass is 279 g/mol. The van der Waals surface area contributed by atoms with Crippen LogP contribution in [-0.2, 0) is 9.84 Å². The van der Waals surface area contributed by atoms with Gasteiger partial charge in [0.1, 0.15) is 11.3 Å². The van der Waals surface area contributed by atoms with E-state index in [1.54, 1.807) is 12.1 Å². The van der Waals surface area contributed by atoms with Gasteiger partial charge in [-0.1, -0.05) is 6.07 Å². The Morgan fingerprint density at radius 2 is 2.16 bits per heavy atom. The summed E-state index contributed by atoms with van der Waals surface area (Å²) >= 11 is 0. The summed E-state index contributed by atoms with van der Waals surface area (Å²) in [5.74, 6) is 1.17. The predicted molar refractivity (Wildman–Crippen MR) is 73.8 cm³/mol. The molecule has 102 valence electrons. The van der Waals surface area contributed by atoms with E-state index in [9.17, 15) is 8.42 Å². The van der Waals surface area contributed by atoms with Gasteiger partial charge in [-0.15, -0.1) is 0 Å². The molecule has 1 aliphatic carbocycles. The number of fused-ring (bicyclic) bond motifs is 1. The molecule has 0 amide bonds. The van der Waals surface area contributed by atoms with Crippen molar-refractivity contribution in [2.75, 3.05) is 6.26 Å². The van der Waals surface area contributed by atoms with Crippen LogP contribution in [0.3, 0.4) is 0 Å². The van der Waals surface area contributed by atoms with Gasteiger partial charge in [0.25, 0.3) is 0 Å². The number of hydrogen-bond donors (Lipinski definition) is 2. The van der Waals surface area contributed by atoms with Gasteiger partial charge in [0, 0.05) is 18.2 Å². The molecule has 0 spiro atoms. The number of nitrogens with zero attached hydrogens (tertiary/aromatic N) is 1. The van der Waals surface area contributed by atoms with Gasteiger partial charge in [-0.2, -0.15) is 0 Å². The smallest absolute Gasteiger partial charge is 0.177 e. The molecule has 3 rings (SSSR count). The fourth-order valence-electron chi connectivity index (χ4n) is 2.78. The van der Waals surface area contributed by atoms with Crippen molar-refractivity contribution in [1.82, 2.24) is 9.97 Å². The van der Waals surface area contributed by atoms with Crippen LogP contribution in [0.2, 0.25) is 0 Å². The molecule has 1 aliphatic rings. The summed E-state index contributed by atoms with van der Waals surface area (Å²) in [6.45, 7) is 0. The number of sulfone groups is 1. The lowest BCUT2D eigenvalue weighted by atomic mass is 10.1. The number of para-hydroxylation sites is 1. The van der Waals surface area contributed by atoms with Gasteiger partial charge in [0.05, 0.1) is 10.4 Å². The summed E-state index contributed by atoms with van der Waals surface area (Å²) in [6.07, 6.45) is 4.13. The Kier molecular flexibility index (Phi) is 2.87. The lowest BCUT2D eigenvalue weighted by molar-refractivity contribution is 0.602. The number of hydrogen-bond acceptors (Lipinski definition) is 4. The van der Waals surface area contributed by atoms with E-state index in [2.05, 4.69) is 9.97 Å². The molecule has 1 aromatic heterocycles. The first-order valence-corrected chi connectivity index (χ1v) is 8.28. The zero-order valence-electron chi connectivity index (χ0n) is 10.8. The third-order valence-corrected chi connectivity index (χ3v) is 4.88. The molecular weight excluding hydrogens is 262 g/mol. The van der Waals surface area contributed by atoms with Crippen molar-refractivity contribution in [1.29, 1.82) is 0 Å². The van der Waals surface area contributed by atoms with Crippen molar-refractivity contribution < 1.29 is 8.42 Å². The maximum Gasteiger partial charge on any atom is 0.177 e. The molecule has 5 nitrogen and oxygen atoms in total. The van der Waals surface area contributed by atoms with Crippen LogP contribution in [0.4, 0.5) is 0 Å². The topological polar surface area (TPSA) is 88.8 Å². The van der Waals surface area contributed by atoms with Crippen molar-refractivity contribution in [3.63, 3.8) is 0 Å². The van der Waals surface area contributed by atoms with E-state index in [0.29, 0.717) is 11.4 Å². The van der Waals surface area contributed by atoms with Crippen LogP contribution in [0.25, 0.3) is 11.0 Å². The minimum Gasteiger partial charge on any atom is -0.342 e. The first kappa shape index (κ1) is 12.6. The van der Waals surface area contributed by atoms with Crippen LogP contribution in [0.1, 0.15) is 31.0 Å². The van der Waals surface area contributed by atoms with E-state index in [1.807, 2.05) is 6.07 Å². The van der Waals surface area contributed by atoms with Gasteiger partial charge >= 0.3 is 0 Å². The van der Waals surface area contributed by atoms with Crippen molar-refractivity contribution in [2.45, 2.75) is 36.1 Å². The minimum absolute atomic E-state index is 0.229. The highest BCUT2D eigenvalue weighted by Gasteiger charge is 2.26. The SMILES string of the molecule is CS(=O)(=O)c1cccc2[nH]c(C3CCC(N)C3)nc12. The van der Waals surface area contributed by atoms with Gasteiger partial charge in [-0.05, 0) is 31.4 Å². The van der Waals surface area contributed by atoms with Crippen molar-refractivity contribution in [3.05, 3.63) is 24.0 Å². The highest BCUT2D eigenvalue weighted by atomic mass is 32.2. The van der Waals surface area contributed by atoms with Crippen LogP contribution in [0.15, 0.2) is 23.1 Å². The van der Waals surface area contributed by atoms with E-state index >= 15 is 0 Å². The fourth-order valence-corrected chi connectivity index (χ4v) is 3.61. The Labute approximate surface area is 112 Å². The van der Waals surface area contributed by atoms with E-state index in [1.165, 1.54) is 6.26 Å². The van der Waals surface area contributed by atoms with Crippen LogP contribution in [-0.4, -0.2) is 30.7 Å². The number of imidazole rings is 1. The van der Waals surface area contributed by atoms with Gasteiger partial charge in [0.15, 0.2) is 9.84 Å². The third-order valence-electron chi connectivity index (χ3n) is 3.75. The number of nitrogens with two attached hydrogens (primary N) is 1. The van der Waals surface area contributed by atoms with Gasteiger partial charge in [0.2, 0.25) is 0 Å². The second-order valence-corrected chi connectivity index (χ2v) is 7.30. The normalized spacial score (nSPS) is 24.1. The van der Waals surface area contributed by atoms with E-state index < -0.39 is 9.84 Å². The number of benzene rings is 1. The Hall–Kier alpha value is -1.40. The summed E-state index contributed by atoms with van der Waals surface area (Å²) < 4.78 is 23.5. The molecule has 3 N–H and O–H groups in total. The molecule has 0 aliphatic heterocycles. The maximum atomic E-state index is 11.8. The highest BCUT2D eigenvalue weighted by Crippen LogP contribution is 2.33. The number of rotatable bonds is 2. The summed E-state index contributed by atoms with van der Waals surface area (Å²) in [6, 6.07) is 5.42. The van der Waals surface area contributed by atoms with E-state index in [0.717, 1.165) is 30.6 Å². The highest BCUT2D eigenvalue weighted by molar-refractivity contribution is 7.91. The molecule has 6 heteroatoms. The zero-order chi connectivity index (χ0) is 13.6. The Morgan fingerprint density at radius 1 is 1.37 bits per heavy atom. The molecule has 2 aromatic rings. The quantitative estimate of drug-likeness (QED) is 0.873. The van der Waals surface area contributed by atoms with E-state index in [-0.39, 0.29) is 10.9 Å². The van der Waals surface area contributed by atoms with Crippen LogP contribution >= 0.6 is 0 Å². The minimum atomic E-state index is -3.26.